The minimum atomic E-state index is 0.128. The smallest absolute Gasteiger partial charge is 0.157 e. The monoisotopic (exact) mass is 335 g/mol. The summed E-state index contributed by atoms with van der Waals surface area (Å²) in [5, 5.41) is 4.16. The fraction of sp³-hybridized carbons (Fsp3) is 0.176. The van der Waals surface area contributed by atoms with Crippen LogP contribution in [0.1, 0.15) is 5.56 Å². The van der Waals surface area contributed by atoms with Gasteiger partial charge in [-0.15, -0.1) is 6.42 Å². The van der Waals surface area contributed by atoms with E-state index in [-0.39, 0.29) is 6.61 Å². The molecule has 0 radical (unpaired) electrons. The maximum absolute atomic E-state index is 6.17. The fourth-order valence-corrected chi connectivity index (χ4v) is 2.52. The van der Waals surface area contributed by atoms with E-state index in [4.69, 9.17) is 39.1 Å². The molecule has 0 fully saturated rings. The fourth-order valence-electron chi connectivity index (χ4n) is 1.88. The molecule has 0 atom stereocenters. The molecule has 0 amide bonds. The van der Waals surface area contributed by atoms with E-state index < -0.39 is 0 Å². The summed E-state index contributed by atoms with van der Waals surface area (Å²) in [5.41, 5.74) is 1.92. The quantitative estimate of drug-likeness (QED) is 0.781. The minimum Gasteiger partial charge on any atom is -0.497 e. The molecule has 0 aliphatic rings. The van der Waals surface area contributed by atoms with Crippen LogP contribution in [0.4, 0.5) is 5.69 Å². The molecule has 2 aromatic carbocycles. The number of rotatable bonds is 6. The van der Waals surface area contributed by atoms with Crippen LogP contribution in [0.5, 0.6) is 11.5 Å². The van der Waals surface area contributed by atoms with Crippen LogP contribution in [0.3, 0.4) is 0 Å². The molecule has 0 heterocycles. The van der Waals surface area contributed by atoms with Crippen molar-refractivity contribution >= 4 is 28.9 Å². The lowest BCUT2D eigenvalue weighted by atomic mass is 10.2. The summed E-state index contributed by atoms with van der Waals surface area (Å²) in [4.78, 5) is 0. The van der Waals surface area contributed by atoms with Crippen LogP contribution in [0.25, 0.3) is 0 Å². The standard InChI is InChI=1S/C17H15Cl2NO2/c1-3-8-22-17-15(18)9-12(10-16(17)19)11-20-13-4-6-14(21-2)7-5-13/h1,4-7,9-10,20H,8,11H2,2H3. The Morgan fingerprint density at radius 1 is 1.14 bits per heavy atom. The van der Waals surface area contributed by atoms with Crippen LogP contribution in [-0.2, 0) is 6.54 Å². The zero-order chi connectivity index (χ0) is 15.9. The molecule has 1 N–H and O–H groups in total. The van der Waals surface area contributed by atoms with Crippen molar-refractivity contribution in [2.45, 2.75) is 6.54 Å². The Labute approximate surface area is 140 Å². The zero-order valence-corrected chi connectivity index (χ0v) is 13.5. The van der Waals surface area contributed by atoms with Gasteiger partial charge < -0.3 is 14.8 Å². The first kappa shape index (κ1) is 16.4. The summed E-state index contributed by atoms with van der Waals surface area (Å²) in [6.45, 7) is 0.712. The summed E-state index contributed by atoms with van der Waals surface area (Å²) < 4.78 is 10.4. The average molecular weight is 336 g/mol. The first-order valence-corrected chi connectivity index (χ1v) is 7.31. The lowest BCUT2D eigenvalue weighted by molar-refractivity contribution is 0.371. The summed E-state index contributed by atoms with van der Waals surface area (Å²) in [6.07, 6.45) is 5.16. The summed E-state index contributed by atoms with van der Waals surface area (Å²) in [6, 6.07) is 11.3. The normalized spacial score (nSPS) is 9.91. The minimum absolute atomic E-state index is 0.128. The molecule has 0 aromatic heterocycles. The Kier molecular flexibility index (Phi) is 5.83. The van der Waals surface area contributed by atoms with Gasteiger partial charge in [-0.25, -0.2) is 0 Å². The second-order valence-corrected chi connectivity index (χ2v) is 5.28. The van der Waals surface area contributed by atoms with E-state index in [1.54, 1.807) is 19.2 Å². The van der Waals surface area contributed by atoms with Crippen molar-refractivity contribution in [3.63, 3.8) is 0 Å². The maximum atomic E-state index is 6.17. The molecule has 5 heteroatoms. The van der Waals surface area contributed by atoms with Crippen molar-refractivity contribution in [3.05, 3.63) is 52.0 Å². The van der Waals surface area contributed by atoms with Gasteiger partial charge in [-0.1, -0.05) is 29.1 Å². The first-order valence-electron chi connectivity index (χ1n) is 6.56. The van der Waals surface area contributed by atoms with Crippen molar-refractivity contribution in [3.8, 4) is 23.8 Å². The van der Waals surface area contributed by atoms with Gasteiger partial charge in [0.15, 0.2) is 5.75 Å². The highest BCUT2D eigenvalue weighted by Gasteiger charge is 2.09. The predicted molar refractivity (Wildman–Crippen MR) is 91.1 cm³/mol. The molecule has 22 heavy (non-hydrogen) atoms. The Morgan fingerprint density at radius 2 is 1.77 bits per heavy atom. The number of halogens is 2. The SMILES string of the molecule is C#CCOc1c(Cl)cc(CNc2ccc(OC)cc2)cc1Cl. The third-order valence-electron chi connectivity index (χ3n) is 2.94. The van der Waals surface area contributed by atoms with Crippen LogP contribution in [0.15, 0.2) is 36.4 Å². The number of nitrogens with one attached hydrogen (secondary N) is 1. The third kappa shape index (κ3) is 4.24. The molecule has 0 aliphatic heterocycles. The summed E-state index contributed by atoms with van der Waals surface area (Å²) in [7, 11) is 1.64. The summed E-state index contributed by atoms with van der Waals surface area (Å²) >= 11 is 12.3. The van der Waals surface area contributed by atoms with Crippen LogP contribution in [0.2, 0.25) is 10.0 Å². The van der Waals surface area contributed by atoms with Gasteiger partial charge in [0, 0.05) is 12.2 Å². The van der Waals surface area contributed by atoms with Gasteiger partial charge in [-0.05, 0) is 42.0 Å². The number of terminal acetylenes is 1. The van der Waals surface area contributed by atoms with Gasteiger partial charge in [0.2, 0.25) is 0 Å². The van der Waals surface area contributed by atoms with Crippen molar-refractivity contribution < 1.29 is 9.47 Å². The molecule has 2 aromatic rings. The molecule has 3 nitrogen and oxygen atoms in total. The third-order valence-corrected chi connectivity index (χ3v) is 3.51. The molecule has 0 bridgehead atoms. The van der Waals surface area contributed by atoms with E-state index >= 15 is 0 Å². The number of anilines is 1. The van der Waals surface area contributed by atoms with Crippen LogP contribution in [0, 0.1) is 12.3 Å². The van der Waals surface area contributed by atoms with E-state index in [2.05, 4.69) is 11.2 Å². The molecular formula is C17H15Cl2NO2. The highest BCUT2D eigenvalue weighted by atomic mass is 35.5. The van der Waals surface area contributed by atoms with Gasteiger partial charge in [0.05, 0.1) is 17.2 Å². The molecule has 0 spiro atoms. The van der Waals surface area contributed by atoms with Gasteiger partial charge in [-0.2, -0.15) is 0 Å². The molecule has 0 unspecified atom stereocenters. The second-order valence-electron chi connectivity index (χ2n) is 4.46. The van der Waals surface area contributed by atoms with Crippen molar-refractivity contribution in [1.82, 2.24) is 0 Å². The molecule has 2 rings (SSSR count). The van der Waals surface area contributed by atoms with E-state index in [1.165, 1.54) is 0 Å². The summed E-state index contributed by atoms with van der Waals surface area (Å²) in [5.74, 6) is 3.60. The van der Waals surface area contributed by atoms with Crippen LogP contribution >= 0.6 is 23.2 Å². The first-order chi connectivity index (χ1) is 10.6. The Morgan fingerprint density at radius 3 is 2.32 bits per heavy atom. The van der Waals surface area contributed by atoms with Crippen LogP contribution < -0.4 is 14.8 Å². The Bertz CT molecular complexity index is 655. The number of hydrogen-bond donors (Lipinski definition) is 1. The van der Waals surface area contributed by atoms with Gasteiger partial charge >= 0.3 is 0 Å². The van der Waals surface area contributed by atoms with Crippen molar-refractivity contribution in [2.75, 3.05) is 19.0 Å². The lowest BCUT2D eigenvalue weighted by Crippen LogP contribution is -2.01. The predicted octanol–water partition coefficient (Wildman–Crippen LogP) is 4.63. The second kappa shape index (κ2) is 7.84. The van der Waals surface area contributed by atoms with Crippen molar-refractivity contribution in [2.24, 2.45) is 0 Å². The van der Waals surface area contributed by atoms with E-state index in [0.29, 0.717) is 22.3 Å². The molecular weight excluding hydrogens is 321 g/mol. The highest BCUT2D eigenvalue weighted by molar-refractivity contribution is 6.37. The van der Waals surface area contributed by atoms with Gasteiger partial charge in [-0.3, -0.25) is 0 Å². The molecule has 0 saturated heterocycles. The topological polar surface area (TPSA) is 30.5 Å². The zero-order valence-electron chi connectivity index (χ0n) is 12.0. The van der Waals surface area contributed by atoms with Gasteiger partial charge in [0.1, 0.15) is 12.4 Å². The lowest BCUT2D eigenvalue weighted by Gasteiger charge is -2.11. The van der Waals surface area contributed by atoms with E-state index in [9.17, 15) is 0 Å². The largest absolute Gasteiger partial charge is 0.497 e. The Balaban J connectivity index is 2.05. The molecule has 0 saturated carbocycles. The maximum Gasteiger partial charge on any atom is 0.157 e. The number of methoxy groups -OCH3 is 1. The van der Waals surface area contributed by atoms with Crippen LogP contribution in [-0.4, -0.2) is 13.7 Å². The molecule has 0 aliphatic carbocycles. The van der Waals surface area contributed by atoms with E-state index in [0.717, 1.165) is 17.0 Å². The van der Waals surface area contributed by atoms with Crippen molar-refractivity contribution in [1.29, 1.82) is 0 Å². The van der Waals surface area contributed by atoms with Gasteiger partial charge in [0.25, 0.3) is 0 Å². The van der Waals surface area contributed by atoms with E-state index in [1.807, 2.05) is 24.3 Å². The number of benzene rings is 2. The average Bonchev–Trinajstić information content (AvgIpc) is 2.52. The number of hydrogen-bond acceptors (Lipinski definition) is 3. The number of ether oxygens (including phenoxy) is 2. The molecule has 114 valence electrons. The Hall–Kier alpha value is -2.02. The highest BCUT2D eigenvalue weighted by Crippen LogP contribution is 2.34.